The highest BCUT2D eigenvalue weighted by molar-refractivity contribution is 5.80. The number of carboxylic acids is 1. The van der Waals surface area contributed by atoms with Crippen molar-refractivity contribution >= 4 is 17.6 Å². The Kier molecular flexibility index (Phi) is 12.1. The number of nitrogens with one attached hydrogen (secondary N) is 1. The molecule has 0 amide bonds. The zero-order chi connectivity index (χ0) is 21.0. The van der Waals surface area contributed by atoms with Crippen molar-refractivity contribution in [3.05, 3.63) is 28.8 Å². The first kappa shape index (κ1) is 24.9. The number of nitrogens with zero attached hydrogens (tertiary/aromatic N) is 1. The number of esters is 1. The fourth-order valence-electron chi connectivity index (χ4n) is 2.41. The number of aliphatic carboxylic acids is 1. The van der Waals surface area contributed by atoms with Crippen molar-refractivity contribution in [3.8, 4) is 0 Å². The summed E-state index contributed by atoms with van der Waals surface area (Å²) in [5.41, 5.74) is 9.44. The van der Waals surface area contributed by atoms with Crippen LogP contribution in [0.25, 0.3) is 0 Å². The Morgan fingerprint density at radius 1 is 1.22 bits per heavy atom. The third kappa shape index (κ3) is 9.96. The average Bonchev–Trinajstić information content (AvgIpc) is 2.62. The lowest BCUT2D eigenvalue weighted by atomic mass is 9.99. The van der Waals surface area contributed by atoms with Gasteiger partial charge in [-0.15, -0.1) is 0 Å². The Morgan fingerprint density at radius 2 is 1.70 bits per heavy atom. The van der Waals surface area contributed by atoms with Gasteiger partial charge in [0.2, 0.25) is 0 Å². The summed E-state index contributed by atoms with van der Waals surface area (Å²) in [4.78, 5) is 23.3. The Hall–Kier alpha value is -2.12. The minimum atomic E-state index is -0.968. The van der Waals surface area contributed by atoms with Gasteiger partial charge in [-0.05, 0) is 51.9 Å². The number of hydrogen-bond acceptors (Lipinski definition) is 6. The molecular weight excluding hydrogens is 346 g/mol. The van der Waals surface area contributed by atoms with Gasteiger partial charge in [0.1, 0.15) is 12.6 Å². The molecule has 0 aliphatic heterocycles. The fraction of sp³-hybridized carbons (Fsp3) is 0.600. The number of hydrogen-bond donors (Lipinski definition) is 3. The van der Waals surface area contributed by atoms with Crippen LogP contribution < -0.4 is 11.1 Å². The predicted octanol–water partition coefficient (Wildman–Crippen LogP) is 2.05. The highest BCUT2D eigenvalue weighted by atomic mass is 16.5. The minimum absolute atomic E-state index is 0.202. The first-order valence-corrected chi connectivity index (χ1v) is 9.28. The van der Waals surface area contributed by atoms with Crippen LogP contribution in [0.2, 0.25) is 0 Å². The molecule has 1 atom stereocenters. The normalized spacial score (nSPS) is 11.4. The Balaban J connectivity index is 0.00000119. The first-order valence-electron chi connectivity index (χ1n) is 9.28. The highest BCUT2D eigenvalue weighted by Crippen LogP contribution is 2.25. The van der Waals surface area contributed by atoms with E-state index < -0.39 is 5.97 Å². The van der Waals surface area contributed by atoms with E-state index in [9.17, 15) is 9.59 Å². The molecule has 0 spiro atoms. The van der Waals surface area contributed by atoms with Crippen molar-refractivity contribution in [2.45, 2.75) is 46.6 Å². The molecule has 0 saturated heterocycles. The van der Waals surface area contributed by atoms with E-state index in [4.69, 9.17) is 9.84 Å². The zero-order valence-electron chi connectivity index (χ0n) is 17.5. The second-order valence-electron chi connectivity index (χ2n) is 6.60. The number of rotatable bonds is 9. The number of carbonyl (C=O) groups excluding carboxylic acids is 1. The maximum absolute atomic E-state index is 12.1. The summed E-state index contributed by atoms with van der Waals surface area (Å²) < 4.78 is 5.31. The quantitative estimate of drug-likeness (QED) is 0.562. The topological polar surface area (TPSA) is 105 Å². The lowest BCUT2D eigenvalue weighted by Gasteiger charge is -2.21. The lowest BCUT2D eigenvalue weighted by Crippen LogP contribution is -2.31. The van der Waals surface area contributed by atoms with Crippen LogP contribution in [0.15, 0.2) is 12.1 Å². The third-order valence-corrected chi connectivity index (χ3v) is 3.88. The number of likely N-dealkylation sites (N-methyl/N-ethyl adjacent to an activating group) is 1. The Morgan fingerprint density at radius 3 is 2.07 bits per heavy atom. The molecule has 1 rings (SSSR count). The molecule has 1 aromatic carbocycles. The maximum Gasteiger partial charge on any atom is 0.328 e. The molecule has 0 heterocycles. The average molecular weight is 382 g/mol. The van der Waals surface area contributed by atoms with Crippen molar-refractivity contribution < 1.29 is 19.4 Å². The zero-order valence-corrected chi connectivity index (χ0v) is 17.5. The summed E-state index contributed by atoms with van der Waals surface area (Å²) in [6.45, 7) is 9.13. The molecule has 0 aliphatic carbocycles. The summed E-state index contributed by atoms with van der Waals surface area (Å²) >= 11 is 0. The van der Waals surface area contributed by atoms with E-state index in [1.165, 1.54) is 16.7 Å². The minimum Gasteiger partial charge on any atom is -0.480 e. The van der Waals surface area contributed by atoms with Gasteiger partial charge in [0, 0.05) is 12.2 Å². The number of carbonyl (C=O) groups is 2. The SMILES string of the molecule is CCc1cc(C)cc(CC)c1N[C@@H](C)C(=O)OCCN(C)C.NCC(=O)O. The molecule has 1 aromatic rings. The fourth-order valence-corrected chi connectivity index (χ4v) is 2.41. The van der Waals surface area contributed by atoms with E-state index in [-0.39, 0.29) is 18.6 Å². The van der Waals surface area contributed by atoms with Crippen LogP contribution in [0.5, 0.6) is 0 Å². The molecule has 0 bridgehead atoms. The smallest absolute Gasteiger partial charge is 0.328 e. The molecule has 0 saturated carbocycles. The molecule has 7 heteroatoms. The van der Waals surface area contributed by atoms with Crippen LogP contribution in [-0.4, -0.2) is 61.8 Å². The van der Waals surface area contributed by atoms with Gasteiger partial charge >= 0.3 is 11.9 Å². The van der Waals surface area contributed by atoms with Crippen LogP contribution in [0, 0.1) is 6.92 Å². The van der Waals surface area contributed by atoms with Gasteiger partial charge in [0.25, 0.3) is 0 Å². The lowest BCUT2D eigenvalue weighted by molar-refractivity contribution is -0.144. The predicted molar refractivity (Wildman–Crippen MR) is 109 cm³/mol. The van der Waals surface area contributed by atoms with Crippen LogP contribution in [0.1, 0.15) is 37.5 Å². The maximum atomic E-state index is 12.1. The molecule has 0 aliphatic rings. The van der Waals surface area contributed by atoms with Gasteiger partial charge in [-0.2, -0.15) is 0 Å². The first-order chi connectivity index (χ1) is 12.7. The molecule has 154 valence electrons. The van der Waals surface area contributed by atoms with E-state index in [1.807, 2.05) is 25.9 Å². The van der Waals surface area contributed by atoms with Gasteiger partial charge in [-0.1, -0.05) is 31.5 Å². The standard InChI is InChI=1S/C18H30N2O2.C2H5NO2/c1-7-15-11-13(3)12-16(8-2)17(15)19-14(4)18(21)22-10-9-20(5)6;3-1-2(4)5/h11-12,14,19H,7-10H2,1-6H3;1,3H2,(H,4,5)/t14-;/m0./s1. The van der Waals surface area contributed by atoms with Gasteiger partial charge in [0.05, 0.1) is 6.54 Å². The van der Waals surface area contributed by atoms with E-state index in [0.29, 0.717) is 6.61 Å². The van der Waals surface area contributed by atoms with Gasteiger partial charge in [-0.25, -0.2) is 4.79 Å². The van der Waals surface area contributed by atoms with Crippen molar-refractivity contribution in [1.82, 2.24) is 4.90 Å². The largest absolute Gasteiger partial charge is 0.480 e. The molecule has 0 aromatic heterocycles. The third-order valence-electron chi connectivity index (χ3n) is 3.88. The van der Waals surface area contributed by atoms with E-state index >= 15 is 0 Å². The molecule has 7 nitrogen and oxygen atoms in total. The molecule has 4 N–H and O–H groups in total. The molecule has 0 radical (unpaired) electrons. The van der Waals surface area contributed by atoms with Crippen LogP contribution >= 0.6 is 0 Å². The highest BCUT2D eigenvalue weighted by Gasteiger charge is 2.17. The number of carboxylic acid groups (broad SMARTS) is 1. The Labute approximate surface area is 162 Å². The van der Waals surface area contributed by atoms with Crippen molar-refractivity contribution in [2.75, 3.05) is 39.1 Å². The van der Waals surface area contributed by atoms with Gasteiger partial charge < -0.3 is 25.8 Å². The number of ether oxygens (including phenoxy) is 1. The van der Waals surface area contributed by atoms with Gasteiger partial charge in [0.15, 0.2) is 0 Å². The van der Waals surface area contributed by atoms with Crippen LogP contribution in [0.3, 0.4) is 0 Å². The molecule has 0 unspecified atom stereocenters. The number of benzene rings is 1. The summed E-state index contributed by atoms with van der Waals surface area (Å²) in [7, 11) is 3.92. The van der Waals surface area contributed by atoms with E-state index in [2.05, 4.69) is 44.0 Å². The summed E-state index contributed by atoms with van der Waals surface area (Å²) in [6, 6.07) is 4.03. The number of nitrogens with two attached hydrogens (primary N) is 1. The molecule has 0 fully saturated rings. The van der Waals surface area contributed by atoms with E-state index in [0.717, 1.165) is 25.1 Å². The second kappa shape index (κ2) is 13.1. The summed E-state index contributed by atoms with van der Waals surface area (Å²) in [5.74, 6) is -1.17. The van der Waals surface area contributed by atoms with Crippen LogP contribution in [0.4, 0.5) is 5.69 Å². The molecular formula is C20H35N3O4. The van der Waals surface area contributed by atoms with E-state index in [1.54, 1.807) is 0 Å². The summed E-state index contributed by atoms with van der Waals surface area (Å²) in [6.07, 6.45) is 1.89. The van der Waals surface area contributed by atoms with Crippen molar-refractivity contribution in [1.29, 1.82) is 0 Å². The monoisotopic (exact) mass is 381 g/mol. The van der Waals surface area contributed by atoms with Crippen molar-refractivity contribution in [3.63, 3.8) is 0 Å². The summed E-state index contributed by atoms with van der Waals surface area (Å²) in [5, 5.41) is 11.0. The van der Waals surface area contributed by atoms with Crippen molar-refractivity contribution in [2.24, 2.45) is 5.73 Å². The second-order valence-corrected chi connectivity index (χ2v) is 6.60. The molecule has 27 heavy (non-hydrogen) atoms. The number of aryl methyl sites for hydroxylation is 3. The van der Waals surface area contributed by atoms with Gasteiger partial charge in [-0.3, -0.25) is 4.79 Å². The van der Waals surface area contributed by atoms with Crippen LogP contribution in [-0.2, 0) is 27.2 Å². The Bertz CT molecular complexity index is 578. The number of anilines is 1.